The lowest BCUT2D eigenvalue weighted by Gasteiger charge is -2.24. The van der Waals surface area contributed by atoms with Gasteiger partial charge in [0.25, 0.3) is 0 Å². The van der Waals surface area contributed by atoms with E-state index >= 15 is 0 Å². The van der Waals surface area contributed by atoms with E-state index in [0.29, 0.717) is 0 Å². The second-order valence-electron chi connectivity index (χ2n) is 5.59. The number of aromatic hydroxyl groups is 1. The van der Waals surface area contributed by atoms with Crippen molar-refractivity contribution >= 4 is 21.5 Å². The number of benzene rings is 3. The molecule has 3 aromatic rings. The molecule has 4 rings (SSSR count). The van der Waals surface area contributed by atoms with Gasteiger partial charge in [-0.2, -0.15) is 0 Å². The maximum atomic E-state index is 10.4. The molecule has 20 heavy (non-hydrogen) atoms. The smallest absolute Gasteiger partial charge is 0.124 e. The van der Waals surface area contributed by atoms with Crippen molar-refractivity contribution in [2.24, 2.45) is 0 Å². The van der Waals surface area contributed by atoms with Gasteiger partial charge in [-0.25, -0.2) is 0 Å². The van der Waals surface area contributed by atoms with Gasteiger partial charge in [0.1, 0.15) is 5.75 Å². The highest BCUT2D eigenvalue weighted by molar-refractivity contribution is 6.11. The van der Waals surface area contributed by atoms with Gasteiger partial charge in [0.2, 0.25) is 0 Å². The van der Waals surface area contributed by atoms with Crippen LogP contribution in [0.2, 0.25) is 0 Å². The molecule has 0 amide bonds. The first-order valence-electron chi connectivity index (χ1n) is 7.10. The number of phenolic OH excluding ortho intramolecular Hbond substituents is 1. The minimum atomic E-state index is -0.463. The Morgan fingerprint density at radius 2 is 1.85 bits per heavy atom. The second kappa shape index (κ2) is 4.22. The van der Waals surface area contributed by atoms with Crippen molar-refractivity contribution in [3.8, 4) is 5.75 Å². The summed E-state index contributed by atoms with van der Waals surface area (Å²) >= 11 is 0. The molecule has 2 heteroatoms. The zero-order chi connectivity index (χ0) is 13.7. The van der Waals surface area contributed by atoms with Crippen LogP contribution in [0.5, 0.6) is 5.75 Å². The normalized spacial score (nSPS) is 18.4. The lowest BCUT2D eigenvalue weighted by Crippen LogP contribution is -2.09. The van der Waals surface area contributed by atoms with Crippen LogP contribution in [0.15, 0.2) is 42.5 Å². The third kappa shape index (κ3) is 1.55. The largest absolute Gasteiger partial charge is 0.507 e. The molecule has 0 saturated carbocycles. The molecule has 0 bridgehead atoms. The van der Waals surface area contributed by atoms with Crippen LogP contribution in [-0.2, 0) is 6.42 Å². The Hall–Kier alpha value is -2.06. The zero-order valence-corrected chi connectivity index (χ0v) is 11.1. The van der Waals surface area contributed by atoms with Crippen molar-refractivity contribution in [2.75, 3.05) is 0 Å². The van der Waals surface area contributed by atoms with Crippen molar-refractivity contribution in [3.05, 3.63) is 53.6 Å². The molecule has 2 N–H and O–H groups in total. The zero-order valence-electron chi connectivity index (χ0n) is 11.1. The van der Waals surface area contributed by atoms with Crippen molar-refractivity contribution in [2.45, 2.75) is 25.4 Å². The van der Waals surface area contributed by atoms with E-state index in [0.717, 1.165) is 46.4 Å². The highest BCUT2D eigenvalue weighted by atomic mass is 16.3. The fourth-order valence-electron chi connectivity index (χ4n) is 3.48. The summed E-state index contributed by atoms with van der Waals surface area (Å²) in [6.45, 7) is 0. The Kier molecular flexibility index (Phi) is 2.48. The summed E-state index contributed by atoms with van der Waals surface area (Å²) in [4.78, 5) is 0. The molecule has 1 aliphatic carbocycles. The van der Waals surface area contributed by atoms with Gasteiger partial charge in [-0.1, -0.05) is 36.4 Å². The summed E-state index contributed by atoms with van der Waals surface area (Å²) in [6.07, 6.45) is 2.30. The maximum absolute atomic E-state index is 10.4. The number of phenols is 1. The van der Waals surface area contributed by atoms with E-state index in [4.69, 9.17) is 0 Å². The Balaban J connectivity index is 2.21. The predicted molar refractivity (Wildman–Crippen MR) is 81.0 cm³/mol. The van der Waals surface area contributed by atoms with Crippen molar-refractivity contribution in [1.82, 2.24) is 0 Å². The SMILES string of the molecule is Oc1cc2ccccc2c2ccc3c(c12)C(O)CCC3. The molecule has 0 aliphatic heterocycles. The van der Waals surface area contributed by atoms with Crippen LogP contribution in [0, 0.1) is 0 Å². The Bertz CT molecular complexity index is 820. The minimum absolute atomic E-state index is 0.275. The third-order valence-electron chi connectivity index (χ3n) is 4.39. The van der Waals surface area contributed by atoms with Gasteiger partial charge in [0, 0.05) is 5.39 Å². The molecule has 3 aromatic carbocycles. The fraction of sp³-hybridized carbons (Fsp3) is 0.222. The quantitative estimate of drug-likeness (QED) is 0.601. The predicted octanol–water partition coefficient (Wildman–Crippen LogP) is 4.07. The van der Waals surface area contributed by atoms with Gasteiger partial charge in [-0.3, -0.25) is 0 Å². The van der Waals surface area contributed by atoms with Gasteiger partial charge in [0.15, 0.2) is 0 Å². The van der Waals surface area contributed by atoms with Crippen LogP contribution in [0.25, 0.3) is 21.5 Å². The van der Waals surface area contributed by atoms with Crippen LogP contribution >= 0.6 is 0 Å². The van der Waals surface area contributed by atoms with Crippen molar-refractivity contribution in [3.63, 3.8) is 0 Å². The summed E-state index contributed by atoms with van der Waals surface area (Å²) in [5.74, 6) is 0.275. The van der Waals surface area contributed by atoms with Gasteiger partial charge in [-0.05, 0) is 52.6 Å². The van der Waals surface area contributed by atoms with Crippen LogP contribution in [-0.4, -0.2) is 10.2 Å². The number of aliphatic hydroxyl groups excluding tert-OH is 1. The lowest BCUT2D eigenvalue weighted by molar-refractivity contribution is 0.158. The van der Waals surface area contributed by atoms with E-state index in [1.165, 1.54) is 5.56 Å². The number of hydrogen-bond donors (Lipinski definition) is 2. The first-order valence-corrected chi connectivity index (χ1v) is 7.10. The topological polar surface area (TPSA) is 40.5 Å². The first-order chi connectivity index (χ1) is 9.75. The van der Waals surface area contributed by atoms with Gasteiger partial charge < -0.3 is 10.2 Å². The molecule has 0 heterocycles. The average molecular weight is 264 g/mol. The van der Waals surface area contributed by atoms with Crippen molar-refractivity contribution < 1.29 is 10.2 Å². The fourth-order valence-corrected chi connectivity index (χ4v) is 3.48. The van der Waals surface area contributed by atoms with Crippen LogP contribution in [0.3, 0.4) is 0 Å². The van der Waals surface area contributed by atoms with E-state index in [2.05, 4.69) is 18.2 Å². The van der Waals surface area contributed by atoms with Crippen molar-refractivity contribution in [1.29, 1.82) is 0 Å². The highest BCUT2D eigenvalue weighted by Crippen LogP contribution is 2.42. The molecule has 0 radical (unpaired) electrons. The molecular weight excluding hydrogens is 248 g/mol. The number of rotatable bonds is 0. The highest BCUT2D eigenvalue weighted by Gasteiger charge is 2.22. The van der Waals surface area contributed by atoms with E-state index in [1.54, 1.807) is 6.07 Å². The summed E-state index contributed by atoms with van der Waals surface area (Å²) < 4.78 is 0. The molecule has 0 saturated heterocycles. The number of hydrogen-bond acceptors (Lipinski definition) is 2. The molecule has 0 fully saturated rings. The lowest BCUT2D eigenvalue weighted by atomic mass is 9.84. The van der Waals surface area contributed by atoms with Crippen LogP contribution in [0.1, 0.15) is 30.1 Å². The molecule has 1 atom stereocenters. The Morgan fingerprint density at radius 1 is 1.00 bits per heavy atom. The Morgan fingerprint density at radius 3 is 2.75 bits per heavy atom. The minimum Gasteiger partial charge on any atom is -0.507 e. The Labute approximate surface area is 117 Å². The molecule has 0 spiro atoms. The number of aryl methyl sites for hydroxylation is 1. The van der Waals surface area contributed by atoms with E-state index < -0.39 is 6.10 Å². The van der Waals surface area contributed by atoms with Crippen LogP contribution < -0.4 is 0 Å². The molecule has 0 aromatic heterocycles. The van der Waals surface area contributed by atoms with E-state index in [-0.39, 0.29) is 5.75 Å². The van der Waals surface area contributed by atoms with Gasteiger partial charge in [-0.15, -0.1) is 0 Å². The molecule has 2 nitrogen and oxygen atoms in total. The molecule has 100 valence electrons. The third-order valence-corrected chi connectivity index (χ3v) is 4.39. The first kappa shape index (κ1) is 11.7. The second-order valence-corrected chi connectivity index (χ2v) is 5.59. The van der Waals surface area contributed by atoms with Gasteiger partial charge in [0.05, 0.1) is 6.10 Å². The number of aliphatic hydroxyl groups is 1. The van der Waals surface area contributed by atoms with Gasteiger partial charge >= 0.3 is 0 Å². The average Bonchev–Trinajstić information content (AvgIpc) is 2.47. The molecular formula is C18H16O2. The van der Waals surface area contributed by atoms with E-state index in [9.17, 15) is 10.2 Å². The summed E-state index contributed by atoms with van der Waals surface area (Å²) in [5.41, 5.74) is 2.10. The monoisotopic (exact) mass is 264 g/mol. The summed E-state index contributed by atoms with van der Waals surface area (Å²) in [5, 5.41) is 24.8. The summed E-state index contributed by atoms with van der Waals surface area (Å²) in [6, 6.07) is 14.0. The summed E-state index contributed by atoms with van der Waals surface area (Å²) in [7, 11) is 0. The van der Waals surface area contributed by atoms with Crippen LogP contribution in [0.4, 0.5) is 0 Å². The molecule has 1 aliphatic rings. The maximum Gasteiger partial charge on any atom is 0.124 e. The molecule has 1 unspecified atom stereocenters. The van der Waals surface area contributed by atoms with E-state index in [1.807, 2.05) is 18.2 Å². The number of fused-ring (bicyclic) bond motifs is 5. The standard InChI is InChI=1S/C18H16O2/c19-15-7-3-5-11-8-9-14-13-6-2-1-4-12(13)10-16(20)18(14)17(11)15/h1-2,4,6,8-10,15,19-20H,3,5,7H2.